The van der Waals surface area contributed by atoms with Crippen LogP contribution in [0.5, 0.6) is 0 Å². The molecule has 2 aromatic heterocycles. The first-order valence-corrected chi connectivity index (χ1v) is 9.64. The van der Waals surface area contributed by atoms with Crippen LogP contribution in [0.1, 0.15) is 24.4 Å². The van der Waals surface area contributed by atoms with E-state index in [1.807, 2.05) is 50.0 Å². The minimum atomic E-state index is -1.72. The SMILES string of the molecule is Cc1ncc(-c2ccc3cnc(CC(=O)C4(F)CCN(C)CC4)cc3c2)n1C. The molecule has 3 heterocycles. The van der Waals surface area contributed by atoms with E-state index >= 15 is 4.39 Å². The molecule has 1 saturated heterocycles. The van der Waals surface area contributed by atoms with Gasteiger partial charge in [-0.1, -0.05) is 12.1 Å². The first-order chi connectivity index (χ1) is 13.4. The lowest BCUT2D eigenvalue weighted by Gasteiger charge is -2.33. The summed E-state index contributed by atoms with van der Waals surface area (Å²) in [5, 5.41) is 1.98. The Labute approximate surface area is 164 Å². The van der Waals surface area contributed by atoms with Gasteiger partial charge in [-0.05, 0) is 31.5 Å². The van der Waals surface area contributed by atoms with Gasteiger partial charge in [0, 0.05) is 55.8 Å². The summed E-state index contributed by atoms with van der Waals surface area (Å²) < 4.78 is 17.1. The lowest BCUT2D eigenvalue weighted by molar-refractivity contribution is -0.132. The van der Waals surface area contributed by atoms with E-state index in [9.17, 15) is 4.79 Å². The summed E-state index contributed by atoms with van der Waals surface area (Å²) in [6.45, 7) is 3.19. The number of Topliss-reactive ketones (excluding diaryl/α,β-unsaturated/α-hetero) is 1. The number of imidazole rings is 1. The van der Waals surface area contributed by atoms with Gasteiger partial charge in [-0.15, -0.1) is 0 Å². The third-order valence-corrected chi connectivity index (χ3v) is 5.92. The second-order valence-corrected chi connectivity index (χ2v) is 7.86. The van der Waals surface area contributed by atoms with E-state index in [1.54, 1.807) is 6.20 Å². The molecule has 0 atom stereocenters. The Morgan fingerprint density at radius 3 is 2.54 bits per heavy atom. The van der Waals surface area contributed by atoms with E-state index in [1.165, 1.54) is 0 Å². The minimum absolute atomic E-state index is 0.0329. The number of rotatable bonds is 4. The van der Waals surface area contributed by atoms with Crippen LogP contribution < -0.4 is 0 Å². The van der Waals surface area contributed by atoms with Gasteiger partial charge in [0.2, 0.25) is 0 Å². The van der Waals surface area contributed by atoms with Crippen LogP contribution in [0.4, 0.5) is 4.39 Å². The van der Waals surface area contributed by atoms with Crippen LogP contribution >= 0.6 is 0 Å². The van der Waals surface area contributed by atoms with Gasteiger partial charge in [0.05, 0.1) is 18.3 Å². The number of hydrogen-bond donors (Lipinski definition) is 0. The largest absolute Gasteiger partial charge is 0.331 e. The molecule has 3 aromatic rings. The highest BCUT2D eigenvalue weighted by atomic mass is 19.1. The number of pyridine rings is 1. The molecule has 0 N–H and O–H groups in total. The molecule has 0 saturated carbocycles. The molecular weight excluding hydrogens is 355 g/mol. The number of aryl methyl sites for hydroxylation is 1. The second-order valence-electron chi connectivity index (χ2n) is 7.86. The third kappa shape index (κ3) is 3.44. The molecule has 1 fully saturated rings. The number of ketones is 1. The molecule has 4 rings (SSSR count). The average Bonchev–Trinajstić information content (AvgIpc) is 3.02. The van der Waals surface area contributed by atoms with Crippen molar-refractivity contribution in [2.24, 2.45) is 7.05 Å². The van der Waals surface area contributed by atoms with E-state index in [-0.39, 0.29) is 25.0 Å². The summed E-state index contributed by atoms with van der Waals surface area (Å²) in [5.74, 6) is 0.591. The molecular formula is C22H25FN4O. The zero-order valence-electron chi connectivity index (χ0n) is 16.6. The summed E-state index contributed by atoms with van der Waals surface area (Å²) in [7, 11) is 3.94. The van der Waals surface area contributed by atoms with Crippen LogP contribution in [0.3, 0.4) is 0 Å². The van der Waals surface area contributed by atoms with E-state index in [0.717, 1.165) is 27.9 Å². The second kappa shape index (κ2) is 7.09. The number of piperidine rings is 1. The third-order valence-electron chi connectivity index (χ3n) is 5.92. The number of benzene rings is 1. The van der Waals surface area contributed by atoms with Gasteiger partial charge >= 0.3 is 0 Å². The molecule has 0 unspecified atom stereocenters. The van der Waals surface area contributed by atoms with Crippen molar-refractivity contribution in [3.8, 4) is 11.3 Å². The molecule has 0 spiro atoms. The topological polar surface area (TPSA) is 51.0 Å². The number of fused-ring (bicyclic) bond motifs is 1. The highest BCUT2D eigenvalue weighted by Crippen LogP contribution is 2.29. The Hall–Kier alpha value is -2.60. The maximum Gasteiger partial charge on any atom is 0.175 e. The van der Waals surface area contributed by atoms with Gasteiger partial charge < -0.3 is 9.47 Å². The van der Waals surface area contributed by atoms with Gasteiger partial charge in [-0.3, -0.25) is 9.78 Å². The Morgan fingerprint density at radius 2 is 1.86 bits per heavy atom. The maximum absolute atomic E-state index is 15.1. The van der Waals surface area contributed by atoms with Gasteiger partial charge in [-0.2, -0.15) is 0 Å². The van der Waals surface area contributed by atoms with Crippen molar-refractivity contribution in [1.29, 1.82) is 0 Å². The van der Waals surface area contributed by atoms with Crippen LogP contribution in [0, 0.1) is 6.92 Å². The zero-order chi connectivity index (χ0) is 19.9. The van der Waals surface area contributed by atoms with E-state index in [0.29, 0.717) is 18.8 Å². The Bertz CT molecular complexity index is 1030. The standard InChI is InChI=1S/C22H25FN4O/c1-15-24-14-20(27(15)3)16-4-5-17-13-25-19(11-18(17)10-16)12-21(28)22(23)6-8-26(2)9-7-22/h4-5,10-11,13-14H,6-9,12H2,1-3H3. The van der Waals surface area contributed by atoms with Gasteiger partial charge in [0.15, 0.2) is 11.5 Å². The molecule has 0 amide bonds. The minimum Gasteiger partial charge on any atom is -0.331 e. The number of halogens is 1. The molecule has 28 heavy (non-hydrogen) atoms. The smallest absolute Gasteiger partial charge is 0.175 e. The summed E-state index contributed by atoms with van der Waals surface area (Å²) in [6, 6.07) is 8.03. The van der Waals surface area contributed by atoms with Crippen molar-refractivity contribution in [3.63, 3.8) is 0 Å². The maximum atomic E-state index is 15.1. The highest BCUT2D eigenvalue weighted by Gasteiger charge is 2.40. The first-order valence-electron chi connectivity index (χ1n) is 9.64. The van der Waals surface area contributed by atoms with Gasteiger partial charge in [0.1, 0.15) is 5.82 Å². The van der Waals surface area contributed by atoms with Gasteiger partial charge in [0.25, 0.3) is 0 Å². The monoisotopic (exact) mass is 380 g/mol. The van der Waals surface area contributed by atoms with Crippen molar-refractivity contribution in [2.75, 3.05) is 20.1 Å². The fraction of sp³-hybridized carbons (Fsp3) is 0.409. The van der Waals surface area contributed by atoms with Crippen molar-refractivity contribution < 1.29 is 9.18 Å². The molecule has 146 valence electrons. The van der Waals surface area contributed by atoms with Gasteiger partial charge in [-0.25, -0.2) is 9.37 Å². The lowest BCUT2D eigenvalue weighted by atomic mass is 9.87. The first kappa shape index (κ1) is 18.7. The number of alkyl halides is 1. The van der Waals surface area contributed by atoms with Crippen LogP contribution in [0.2, 0.25) is 0 Å². The molecule has 6 heteroatoms. The molecule has 5 nitrogen and oxygen atoms in total. The zero-order valence-corrected chi connectivity index (χ0v) is 16.6. The number of aromatic nitrogens is 3. The number of likely N-dealkylation sites (tertiary alicyclic amines) is 1. The van der Waals surface area contributed by atoms with Crippen LogP contribution in [-0.4, -0.2) is 51.0 Å². The number of carbonyl (C=O) groups is 1. The molecule has 1 aliphatic rings. The number of hydrogen-bond acceptors (Lipinski definition) is 4. The summed E-state index contributed by atoms with van der Waals surface area (Å²) in [4.78, 5) is 23.4. The van der Waals surface area contributed by atoms with Crippen LogP contribution in [-0.2, 0) is 18.3 Å². The van der Waals surface area contributed by atoms with Crippen molar-refractivity contribution in [2.45, 2.75) is 31.9 Å². The predicted molar refractivity (Wildman–Crippen MR) is 108 cm³/mol. The number of carbonyl (C=O) groups excluding carboxylic acids is 1. The Morgan fingerprint density at radius 1 is 1.11 bits per heavy atom. The normalized spacial score (nSPS) is 17.1. The highest BCUT2D eigenvalue weighted by molar-refractivity contribution is 5.91. The number of nitrogens with zero attached hydrogens (tertiary/aromatic N) is 4. The molecule has 0 aliphatic carbocycles. The van der Waals surface area contributed by atoms with Crippen LogP contribution in [0.25, 0.3) is 22.0 Å². The molecule has 1 aliphatic heterocycles. The van der Waals surface area contributed by atoms with Crippen molar-refractivity contribution >= 4 is 16.6 Å². The fourth-order valence-corrected chi connectivity index (χ4v) is 3.79. The van der Waals surface area contributed by atoms with E-state index in [4.69, 9.17) is 0 Å². The quantitative estimate of drug-likeness (QED) is 0.695. The average molecular weight is 380 g/mol. The Kier molecular flexibility index (Phi) is 4.75. The fourth-order valence-electron chi connectivity index (χ4n) is 3.79. The van der Waals surface area contributed by atoms with Crippen LogP contribution in [0.15, 0.2) is 36.7 Å². The Balaban J connectivity index is 1.60. The molecule has 0 bridgehead atoms. The lowest BCUT2D eigenvalue weighted by Crippen LogP contribution is -2.45. The van der Waals surface area contributed by atoms with E-state index in [2.05, 4.69) is 20.9 Å². The van der Waals surface area contributed by atoms with E-state index < -0.39 is 5.67 Å². The summed E-state index contributed by atoms with van der Waals surface area (Å²) in [6.07, 6.45) is 4.18. The summed E-state index contributed by atoms with van der Waals surface area (Å²) in [5.41, 5.74) is 0.975. The van der Waals surface area contributed by atoms with Crippen molar-refractivity contribution in [1.82, 2.24) is 19.4 Å². The van der Waals surface area contributed by atoms with Crippen molar-refractivity contribution in [3.05, 3.63) is 48.2 Å². The predicted octanol–water partition coefficient (Wildman–Crippen LogP) is 3.49. The molecule has 1 aromatic carbocycles. The summed E-state index contributed by atoms with van der Waals surface area (Å²) >= 11 is 0. The molecule has 0 radical (unpaired) electrons.